The number of sulfone groups is 1. The third-order valence-corrected chi connectivity index (χ3v) is 6.66. The Morgan fingerprint density at radius 1 is 1.14 bits per heavy atom. The summed E-state index contributed by atoms with van der Waals surface area (Å²) in [6, 6.07) is 8.75. The Hall–Kier alpha value is -3.26. The smallest absolute Gasteiger partial charge is 0.210 e. The predicted octanol–water partition coefficient (Wildman–Crippen LogP) is 3.85. The monoisotopic (exact) mass is 412 g/mol. The van der Waals surface area contributed by atoms with Crippen molar-refractivity contribution in [1.29, 1.82) is 0 Å². The predicted molar refractivity (Wildman–Crippen MR) is 111 cm³/mol. The average molecular weight is 412 g/mol. The first-order valence-electron chi connectivity index (χ1n) is 8.92. The molecule has 0 fully saturated rings. The summed E-state index contributed by atoms with van der Waals surface area (Å²) in [6.07, 6.45) is 3.45. The van der Waals surface area contributed by atoms with Crippen molar-refractivity contribution in [2.75, 3.05) is 25.3 Å². The highest BCUT2D eigenvalue weighted by Gasteiger charge is 2.28. The van der Waals surface area contributed by atoms with Crippen LogP contribution in [0, 0.1) is 0 Å². The summed E-state index contributed by atoms with van der Waals surface area (Å²) in [7, 11) is -0.170. The van der Waals surface area contributed by atoms with E-state index in [-0.39, 0.29) is 5.75 Å². The zero-order valence-electron chi connectivity index (χ0n) is 16.1. The molecule has 1 aliphatic heterocycles. The van der Waals surface area contributed by atoms with Crippen LogP contribution in [0.25, 0.3) is 10.9 Å². The molecule has 0 saturated heterocycles. The molecule has 3 aromatic rings. The maximum Gasteiger partial charge on any atom is 0.210 e. The summed E-state index contributed by atoms with van der Waals surface area (Å²) in [5, 5.41) is 4.15. The first-order valence-corrected chi connectivity index (χ1v) is 10.6. The third kappa shape index (κ3) is 3.25. The van der Waals surface area contributed by atoms with Crippen LogP contribution < -0.4 is 19.5 Å². The molecule has 29 heavy (non-hydrogen) atoms. The summed E-state index contributed by atoms with van der Waals surface area (Å²) in [4.78, 5) is 4.78. The Bertz CT molecular complexity index is 1200. The first-order chi connectivity index (χ1) is 14.0. The molecule has 0 spiro atoms. The maximum atomic E-state index is 12.3. The summed E-state index contributed by atoms with van der Waals surface area (Å²) in [5.41, 5.74) is 2.98. The number of aromatic nitrogens is 1. The number of aryl methyl sites for hydroxylation is 1. The molecule has 4 rings (SSSR count). The number of hydrogen-bond acceptors (Lipinski definition) is 7. The van der Waals surface area contributed by atoms with Gasteiger partial charge in [-0.25, -0.2) is 8.42 Å². The van der Waals surface area contributed by atoms with Gasteiger partial charge >= 0.3 is 0 Å². The molecular formula is C21H20N2O5S. The SMILES string of the molecule is C=COc1c(OC)cc(Nc2ccnc3ccc4c(c23)CCS4(=O)=O)cc1OC. The number of nitrogens with zero attached hydrogens (tertiary/aromatic N) is 1. The van der Waals surface area contributed by atoms with Crippen molar-refractivity contribution in [3.05, 3.63) is 54.9 Å². The lowest BCUT2D eigenvalue weighted by molar-refractivity contribution is 0.346. The molecule has 0 aliphatic carbocycles. The van der Waals surface area contributed by atoms with Gasteiger partial charge in [0.1, 0.15) is 0 Å². The third-order valence-electron chi connectivity index (χ3n) is 4.87. The Kier molecular flexibility index (Phi) is 4.79. The van der Waals surface area contributed by atoms with Crippen molar-refractivity contribution in [3.63, 3.8) is 0 Å². The molecule has 1 N–H and O–H groups in total. The van der Waals surface area contributed by atoms with Crippen molar-refractivity contribution < 1.29 is 22.6 Å². The molecule has 0 saturated carbocycles. The molecule has 1 aliphatic rings. The number of fused-ring (bicyclic) bond motifs is 3. The minimum absolute atomic E-state index is 0.116. The second-order valence-electron chi connectivity index (χ2n) is 6.48. The molecule has 150 valence electrons. The molecule has 0 radical (unpaired) electrons. The van der Waals surface area contributed by atoms with Gasteiger partial charge < -0.3 is 19.5 Å². The van der Waals surface area contributed by atoms with E-state index in [1.807, 2.05) is 6.07 Å². The fourth-order valence-electron chi connectivity index (χ4n) is 3.60. The van der Waals surface area contributed by atoms with E-state index in [1.54, 1.807) is 30.5 Å². The van der Waals surface area contributed by atoms with Gasteiger partial charge in [0, 0.05) is 35.1 Å². The molecular weight excluding hydrogens is 392 g/mol. The van der Waals surface area contributed by atoms with E-state index in [0.29, 0.717) is 34.3 Å². The van der Waals surface area contributed by atoms with Gasteiger partial charge in [-0.3, -0.25) is 4.98 Å². The van der Waals surface area contributed by atoms with Gasteiger partial charge in [0.2, 0.25) is 5.75 Å². The quantitative estimate of drug-likeness (QED) is 0.616. The number of ether oxygens (including phenoxy) is 3. The molecule has 0 bridgehead atoms. The summed E-state index contributed by atoms with van der Waals surface area (Å²) >= 11 is 0. The minimum Gasteiger partial charge on any atom is -0.493 e. The average Bonchev–Trinajstić information content (AvgIpc) is 3.03. The van der Waals surface area contributed by atoms with Gasteiger partial charge in [-0.15, -0.1) is 0 Å². The number of hydrogen-bond donors (Lipinski definition) is 1. The summed E-state index contributed by atoms with van der Waals surface area (Å²) < 4.78 is 40.9. The number of methoxy groups -OCH3 is 2. The molecule has 1 aromatic heterocycles. The summed E-state index contributed by atoms with van der Waals surface area (Å²) in [6.45, 7) is 3.57. The van der Waals surface area contributed by atoms with Crippen LogP contribution in [0.5, 0.6) is 17.2 Å². The number of nitrogens with one attached hydrogen (secondary N) is 1. The Labute approximate surface area is 168 Å². The fourth-order valence-corrected chi connectivity index (χ4v) is 5.14. The molecule has 8 heteroatoms. The zero-order valence-corrected chi connectivity index (χ0v) is 16.9. The van der Waals surface area contributed by atoms with Crippen LogP contribution in [-0.4, -0.2) is 33.4 Å². The number of pyridine rings is 1. The molecule has 2 aromatic carbocycles. The second kappa shape index (κ2) is 7.29. The maximum absolute atomic E-state index is 12.3. The number of anilines is 2. The molecule has 0 amide bonds. The Balaban J connectivity index is 1.85. The normalized spacial score (nSPS) is 14.3. The first kappa shape index (κ1) is 19.1. The highest BCUT2D eigenvalue weighted by Crippen LogP contribution is 2.42. The van der Waals surface area contributed by atoms with Gasteiger partial charge in [-0.2, -0.15) is 0 Å². The highest BCUT2D eigenvalue weighted by molar-refractivity contribution is 7.91. The van der Waals surface area contributed by atoms with E-state index in [0.717, 1.165) is 22.2 Å². The Morgan fingerprint density at radius 3 is 2.52 bits per heavy atom. The highest BCUT2D eigenvalue weighted by atomic mass is 32.2. The van der Waals surface area contributed by atoms with Crippen molar-refractivity contribution in [2.24, 2.45) is 0 Å². The van der Waals surface area contributed by atoms with Crippen LogP contribution in [0.3, 0.4) is 0 Å². The van der Waals surface area contributed by atoms with Crippen LogP contribution in [-0.2, 0) is 16.3 Å². The lowest BCUT2D eigenvalue weighted by Gasteiger charge is -2.16. The van der Waals surface area contributed by atoms with Crippen LogP contribution in [0.15, 0.2) is 54.3 Å². The zero-order chi connectivity index (χ0) is 20.6. The van der Waals surface area contributed by atoms with Crippen molar-refractivity contribution in [3.8, 4) is 17.2 Å². The summed E-state index contributed by atoms with van der Waals surface area (Å²) in [5.74, 6) is 1.48. The van der Waals surface area contributed by atoms with Gasteiger partial charge in [0.25, 0.3) is 0 Å². The van der Waals surface area contributed by atoms with E-state index in [2.05, 4.69) is 16.9 Å². The van der Waals surface area contributed by atoms with Crippen molar-refractivity contribution in [2.45, 2.75) is 11.3 Å². The van der Waals surface area contributed by atoms with E-state index < -0.39 is 9.84 Å². The lowest BCUT2D eigenvalue weighted by Crippen LogP contribution is -2.00. The van der Waals surface area contributed by atoms with Gasteiger partial charge in [0.15, 0.2) is 21.3 Å². The molecule has 0 atom stereocenters. The van der Waals surface area contributed by atoms with Crippen LogP contribution in [0.2, 0.25) is 0 Å². The van der Waals surface area contributed by atoms with Crippen LogP contribution in [0.4, 0.5) is 11.4 Å². The lowest BCUT2D eigenvalue weighted by atomic mass is 10.0. The van der Waals surface area contributed by atoms with Crippen molar-refractivity contribution in [1.82, 2.24) is 4.98 Å². The molecule has 7 nitrogen and oxygen atoms in total. The molecule has 0 unspecified atom stereocenters. The largest absolute Gasteiger partial charge is 0.493 e. The van der Waals surface area contributed by atoms with Crippen molar-refractivity contribution >= 4 is 32.1 Å². The number of benzene rings is 2. The Morgan fingerprint density at radius 2 is 1.86 bits per heavy atom. The molecule has 2 heterocycles. The van der Waals surface area contributed by atoms with E-state index in [9.17, 15) is 8.42 Å². The van der Waals surface area contributed by atoms with Gasteiger partial charge in [-0.1, -0.05) is 6.58 Å². The van der Waals surface area contributed by atoms with Gasteiger partial charge in [-0.05, 0) is 30.2 Å². The topological polar surface area (TPSA) is 86.8 Å². The second-order valence-corrected chi connectivity index (χ2v) is 8.56. The minimum atomic E-state index is -3.24. The standard InChI is InChI=1S/C21H20N2O5S/c1-4-28-21-17(26-2)11-13(12-18(21)27-3)23-16-7-9-22-15-5-6-19-14(20(15)16)8-10-29(19,24)25/h4-7,9,11-12H,1,8,10H2,2-3H3,(H,22,23). The van der Waals surface area contributed by atoms with Gasteiger partial charge in [0.05, 0.1) is 36.6 Å². The van der Waals surface area contributed by atoms with E-state index in [4.69, 9.17) is 14.2 Å². The fraction of sp³-hybridized carbons (Fsp3) is 0.190. The van der Waals surface area contributed by atoms with E-state index >= 15 is 0 Å². The van der Waals surface area contributed by atoms with E-state index in [1.165, 1.54) is 20.5 Å². The van der Waals surface area contributed by atoms with Crippen LogP contribution in [0.1, 0.15) is 5.56 Å². The number of rotatable bonds is 6. The van der Waals surface area contributed by atoms with Crippen LogP contribution >= 0.6 is 0 Å².